The maximum Gasteiger partial charge on any atom is 0.292 e. The van der Waals surface area contributed by atoms with Crippen LogP contribution in [0.15, 0.2) is 18.2 Å². The van der Waals surface area contributed by atoms with E-state index < -0.39 is 4.92 Å². The van der Waals surface area contributed by atoms with Crippen LogP contribution in [-0.2, 0) is 6.54 Å². The first kappa shape index (κ1) is 13.8. The summed E-state index contributed by atoms with van der Waals surface area (Å²) in [4.78, 5) is 12.7. The third kappa shape index (κ3) is 3.04. The summed E-state index contributed by atoms with van der Waals surface area (Å²) in [6.07, 6.45) is 2.46. The van der Waals surface area contributed by atoms with Gasteiger partial charge in [-0.3, -0.25) is 15.0 Å². The number of rotatable bonds is 4. The Morgan fingerprint density at radius 3 is 2.84 bits per heavy atom. The number of anilines is 1. The SMILES string of the molecule is CC(C)C1CCCN1Cc1ccc([N+](=O)[O-])c(N)c1. The summed E-state index contributed by atoms with van der Waals surface area (Å²) in [5, 5.41) is 10.7. The summed E-state index contributed by atoms with van der Waals surface area (Å²) < 4.78 is 0. The van der Waals surface area contributed by atoms with Gasteiger partial charge in [0.2, 0.25) is 0 Å². The van der Waals surface area contributed by atoms with E-state index in [0.717, 1.165) is 18.7 Å². The first-order valence-electron chi connectivity index (χ1n) is 6.76. The summed E-state index contributed by atoms with van der Waals surface area (Å²) >= 11 is 0. The highest BCUT2D eigenvalue weighted by molar-refractivity contribution is 5.59. The molecule has 0 spiro atoms. The fourth-order valence-electron chi connectivity index (χ4n) is 2.91. The van der Waals surface area contributed by atoms with Crippen LogP contribution in [0.2, 0.25) is 0 Å². The average molecular weight is 263 g/mol. The Morgan fingerprint density at radius 1 is 1.53 bits per heavy atom. The minimum Gasteiger partial charge on any atom is -0.393 e. The molecule has 0 saturated carbocycles. The molecule has 0 radical (unpaired) electrons. The summed E-state index contributed by atoms with van der Waals surface area (Å²) in [6.45, 7) is 6.41. The Bertz CT molecular complexity index is 474. The van der Waals surface area contributed by atoms with Crippen molar-refractivity contribution in [2.75, 3.05) is 12.3 Å². The van der Waals surface area contributed by atoms with E-state index in [1.54, 1.807) is 6.07 Å². The molecule has 1 aromatic rings. The van der Waals surface area contributed by atoms with Gasteiger partial charge in [-0.05, 0) is 36.9 Å². The molecule has 19 heavy (non-hydrogen) atoms. The van der Waals surface area contributed by atoms with Crippen molar-refractivity contribution in [1.29, 1.82) is 0 Å². The number of hydrogen-bond donors (Lipinski definition) is 1. The number of nitro benzene ring substituents is 1. The van der Waals surface area contributed by atoms with Crippen molar-refractivity contribution in [1.82, 2.24) is 4.90 Å². The lowest BCUT2D eigenvalue weighted by molar-refractivity contribution is -0.383. The summed E-state index contributed by atoms with van der Waals surface area (Å²) in [7, 11) is 0. The molecule has 0 aromatic heterocycles. The molecule has 1 unspecified atom stereocenters. The minimum atomic E-state index is -0.439. The molecule has 1 aromatic carbocycles. The number of nitro groups is 1. The molecule has 1 fully saturated rings. The first-order valence-corrected chi connectivity index (χ1v) is 6.76. The average Bonchev–Trinajstić information content (AvgIpc) is 2.76. The number of benzene rings is 1. The van der Waals surface area contributed by atoms with Crippen molar-refractivity contribution < 1.29 is 4.92 Å². The largest absolute Gasteiger partial charge is 0.393 e. The zero-order valence-corrected chi connectivity index (χ0v) is 11.5. The van der Waals surface area contributed by atoms with Gasteiger partial charge in [0.05, 0.1) is 4.92 Å². The Labute approximate surface area is 113 Å². The highest BCUT2D eigenvalue weighted by Crippen LogP contribution is 2.28. The van der Waals surface area contributed by atoms with Crippen LogP contribution >= 0.6 is 0 Å². The predicted octanol–water partition coefficient (Wildman–Crippen LogP) is 2.80. The monoisotopic (exact) mass is 263 g/mol. The van der Waals surface area contributed by atoms with Crippen LogP contribution in [0.3, 0.4) is 0 Å². The molecule has 1 aliphatic rings. The van der Waals surface area contributed by atoms with E-state index in [0.29, 0.717) is 12.0 Å². The Morgan fingerprint density at radius 2 is 2.26 bits per heavy atom. The lowest BCUT2D eigenvalue weighted by atomic mass is 10.0. The van der Waals surface area contributed by atoms with Crippen molar-refractivity contribution in [3.63, 3.8) is 0 Å². The van der Waals surface area contributed by atoms with Crippen LogP contribution < -0.4 is 5.73 Å². The second kappa shape index (κ2) is 5.57. The molecule has 5 heteroatoms. The molecule has 2 rings (SSSR count). The van der Waals surface area contributed by atoms with Crippen molar-refractivity contribution in [2.24, 2.45) is 5.92 Å². The smallest absolute Gasteiger partial charge is 0.292 e. The zero-order chi connectivity index (χ0) is 14.0. The van der Waals surface area contributed by atoms with Crippen molar-refractivity contribution in [3.05, 3.63) is 33.9 Å². The van der Waals surface area contributed by atoms with Gasteiger partial charge >= 0.3 is 0 Å². The van der Waals surface area contributed by atoms with Gasteiger partial charge in [-0.25, -0.2) is 0 Å². The summed E-state index contributed by atoms with van der Waals surface area (Å²) in [5.41, 5.74) is 7.03. The second-order valence-corrected chi connectivity index (χ2v) is 5.57. The number of hydrogen-bond acceptors (Lipinski definition) is 4. The van der Waals surface area contributed by atoms with Crippen LogP contribution in [0.4, 0.5) is 11.4 Å². The molecule has 0 aliphatic carbocycles. The zero-order valence-electron chi connectivity index (χ0n) is 11.5. The molecule has 104 valence electrons. The number of nitrogens with two attached hydrogens (primary N) is 1. The van der Waals surface area contributed by atoms with Crippen LogP contribution in [0.1, 0.15) is 32.3 Å². The van der Waals surface area contributed by atoms with E-state index >= 15 is 0 Å². The van der Waals surface area contributed by atoms with Crippen molar-refractivity contribution >= 4 is 11.4 Å². The fourth-order valence-corrected chi connectivity index (χ4v) is 2.91. The van der Waals surface area contributed by atoms with E-state index in [9.17, 15) is 10.1 Å². The van der Waals surface area contributed by atoms with E-state index in [1.807, 2.05) is 6.07 Å². The topological polar surface area (TPSA) is 72.4 Å². The molecule has 0 amide bonds. The number of nitrogens with zero attached hydrogens (tertiary/aromatic N) is 2. The van der Waals surface area contributed by atoms with Gasteiger partial charge in [0.15, 0.2) is 0 Å². The van der Waals surface area contributed by atoms with E-state index in [1.165, 1.54) is 18.9 Å². The van der Waals surface area contributed by atoms with E-state index in [-0.39, 0.29) is 11.4 Å². The fraction of sp³-hybridized carbons (Fsp3) is 0.571. The third-order valence-electron chi connectivity index (χ3n) is 3.86. The van der Waals surface area contributed by atoms with Crippen molar-refractivity contribution in [2.45, 2.75) is 39.3 Å². The number of nitrogen functional groups attached to an aromatic ring is 1. The highest BCUT2D eigenvalue weighted by atomic mass is 16.6. The summed E-state index contributed by atoms with van der Waals surface area (Å²) in [6, 6.07) is 5.65. The van der Waals surface area contributed by atoms with Gasteiger partial charge in [0.1, 0.15) is 5.69 Å². The van der Waals surface area contributed by atoms with E-state index in [2.05, 4.69) is 18.7 Å². The molecular formula is C14H21N3O2. The lowest BCUT2D eigenvalue weighted by Gasteiger charge is -2.27. The van der Waals surface area contributed by atoms with Gasteiger partial charge in [0, 0.05) is 18.7 Å². The van der Waals surface area contributed by atoms with Crippen LogP contribution in [0.25, 0.3) is 0 Å². The number of likely N-dealkylation sites (tertiary alicyclic amines) is 1. The Balaban J connectivity index is 2.11. The molecule has 5 nitrogen and oxygen atoms in total. The van der Waals surface area contributed by atoms with Gasteiger partial charge in [0.25, 0.3) is 5.69 Å². The third-order valence-corrected chi connectivity index (χ3v) is 3.86. The van der Waals surface area contributed by atoms with Crippen LogP contribution in [0, 0.1) is 16.0 Å². The molecule has 1 aliphatic heterocycles. The maximum absolute atomic E-state index is 10.7. The Hall–Kier alpha value is -1.62. The van der Waals surface area contributed by atoms with Crippen LogP contribution in [-0.4, -0.2) is 22.4 Å². The second-order valence-electron chi connectivity index (χ2n) is 5.57. The maximum atomic E-state index is 10.7. The molecule has 2 N–H and O–H groups in total. The first-order chi connectivity index (χ1) is 8.99. The normalized spacial score (nSPS) is 20.1. The van der Waals surface area contributed by atoms with E-state index in [4.69, 9.17) is 5.73 Å². The highest BCUT2D eigenvalue weighted by Gasteiger charge is 2.27. The summed E-state index contributed by atoms with van der Waals surface area (Å²) in [5.74, 6) is 0.637. The van der Waals surface area contributed by atoms with Gasteiger partial charge in [-0.1, -0.05) is 19.9 Å². The lowest BCUT2D eigenvalue weighted by Crippen LogP contribution is -2.32. The minimum absolute atomic E-state index is 0.00872. The molecule has 1 heterocycles. The molecular weight excluding hydrogens is 242 g/mol. The van der Waals surface area contributed by atoms with Crippen LogP contribution in [0.5, 0.6) is 0 Å². The van der Waals surface area contributed by atoms with Gasteiger partial charge in [-0.2, -0.15) is 0 Å². The molecule has 1 atom stereocenters. The standard InChI is InChI=1S/C14H21N3O2/c1-10(2)13-4-3-7-16(13)9-11-5-6-14(17(18)19)12(15)8-11/h5-6,8,10,13H,3-4,7,9,15H2,1-2H3. The predicted molar refractivity (Wildman–Crippen MR) is 75.8 cm³/mol. The van der Waals surface area contributed by atoms with Gasteiger partial charge < -0.3 is 5.73 Å². The van der Waals surface area contributed by atoms with Gasteiger partial charge in [-0.15, -0.1) is 0 Å². The molecule has 0 bridgehead atoms. The Kier molecular flexibility index (Phi) is 4.04. The van der Waals surface area contributed by atoms with Crippen molar-refractivity contribution in [3.8, 4) is 0 Å². The quantitative estimate of drug-likeness (QED) is 0.515. The molecule has 1 saturated heterocycles.